The van der Waals surface area contributed by atoms with Crippen molar-refractivity contribution in [3.8, 4) is 11.5 Å². The highest BCUT2D eigenvalue weighted by molar-refractivity contribution is 5.78. The van der Waals surface area contributed by atoms with E-state index in [2.05, 4.69) is 5.32 Å². The zero-order valence-electron chi connectivity index (χ0n) is 11.7. The molecular formula is C13H17N3O5. The Balaban J connectivity index is 1.98. The minimum Gasteiger partial charge on any atom is -0.493 e. The van der Waals surface area contributed by atoms with Crippen molar-refractivity contribution in [3.05, 3.63) is 28.3 Å². The highest BCUT2D eigenvalue weighted by Crippen LogP contribution is 2.31. The van der Waals surface area contributed by atoms with Crippen LogP contribution in [0.5, 0.6) is 11.5 Å². The second-order valence-electron chi connectivity index (χ2n) is 4.51. The lowest BCUT2D eigenvalue weighted by Crippen LogP contribution is -2.47. The topological polar surface area (TPSA) is 93.9 Å². The Kier molecular flexibility index (Phi) is 4.94. The third kappa shape index (κ3) is 3.82. The van der Waals surface area contributed by atoms with Crippen LogP contribution >= 0.6 is 0 Å². The van der Waals surface area contributed by atoms with Gasteiger partial charge in [-0.3, -0.25) is 14.9 Å². The molecule has 2 rings (SSSR count). The monoisotopic (exact) mass is 295 g/mol. The van der Waals surface area contributed by atoms with Gasteiger partial charge in [0.05, 0.1) is 18.1 Å². The number of nitro benzene ring substituents is 1. The molecule has 0 saturated carbocycles. The van der Waals surface area contributed by atoms with Gasteiger partial charge < -0.3 is 19.7 Å². The van der Waals surface area contributed by atoms with E-state index < -0.39 is 4.92 Å². The molecule has 0 radical (unpaired) electrons. The summed E-state index contributed by atoms with van der Waals surface area (Å²) in [6, 6.07) is 4.01. The van der Waals surface area contributed by atoms with E-state index in [1.165, 1.54) is 25.3 Å². The van der Waals surface area contributed by atoms with E-state index in [0.29, 0.717) is 18.8 Å². The van der Waals surface area contributed by atoms with E-state index >= 15 is 0 Å². The molecule has 114 valence electrons. The van der Waals surface area contributed by atoms with Gasteiger partial charge >= 0.3 is 0 Å². The Morgan fingerprint density at radius 1 is 1.38 bits per heavy atom. The van der Waals surface area contributed by atoms with Crippen molar-refractivity contribution in [2.24, 2.45) is 0 Å². The number of hydrogen-bond acceptors (Lipinski definition) is 6. The summed E-state index contributed by atoms with van der Waals surface area (Å²) in [7, 11) is 1.39. The molecule has 1 aliphatic heterocycles. The first-order chi connectivity index (χ1) is 10.1. The maximum atomic E-state index is 12.0. The summed E-state index contributed by atoms with van der Waals surface area (Å²) in [4.78, 5) is 23.9. The molecule has 0 bridgehead atoms. The largest absolute Gasteiger partial charge is 0.493 e. The lowest BCUT2D eigenvalue weighted by molar-refractivity contribution is -0.384. The van der Waals surface area contributed by atoms with Crippen molar-refractivity contribution < 1.29 is 19.2 Å². The van der Waals surface area contributed by atoms with Gasteiger partial charge in [0.25, 0.3) is 11.6 Å². The quantitative estimate of drug-likeness (QED) is 0.625. The second kappa shape index (κ2) is 6.89. The number of nitrogens with one attached hydrogen (secondary N) is 1. The van der Waals surface area contributed by atoms with Crippen LogP contribution in [0.2, 0.25) is 0 Å². The maximum absolute atomic E-state index is 12.0. The molecule has 1 amide bonds. The van der Waals surface area contributed by atoms with Crippen molar-refractivity contribution in [2.45, 2.75) is 0 Å². The fourth-order valence-electron chi connectivity index (χ4n) is 2.03. The standard InChI is InChI=1S/C13H17N3O5/c1-20-12-8-10(16(18)19)2-3-11(12)21-9-13(17)15-6-4-14-5-7-15/h2-3,8,14H,4-7,9H2,1H3. The Bertz CT molecular complexity index is 529. The molecule has 0 atom stereocenters. The minimum absolute atomic E-state index is 0.0902. The first-order valence-electron chi connectivity index (χ1n) is 6.55. The van der Waals surface area contributed by atoms with Crippen molar-refractivity contribution in [2.75, 3.05) is 39.9 Å². The van der Waals surface area contributed by atoms with Gasteiger partial charge in [0.15, 0.2) is 18.1 Å². The number of benzene rings is 1. The van der Waals surface area contributed by atoms with E-state index in [1.807, 2.05) is 0 Å². The van der Waals surface area contributed by atoms with Gasteiger partial charge in [-0.1, -0.05) is 0 Å². The number of methoxy groups -OCH3 is 1. The van der Waals surface area contributed by atoms with Gasteiger partial charge in [-0.15, -0.1) is 0 Å². The molecular weight excluding hydrogens is 278 g/mol. The lowest BCUT2D eigenvalue weighted by Gasteiger charge is -2.27. The molecule has 1 aromatic rings. The van der Waals surface area contributed by atoms with E-state index in [1.54, 1.807) is 4.90 Å². The van der Waals surface area contributed by atoms with Gasteiger partial charge in [-0.25, -0.2) is 0 Å². The van der Waals surface area contributed by atoms with Crippen molar-refractivity contribution in [3.63, 3.8) is 0 Å². The average molecular weight is 295 g/mol. The molecule has 1 aliphatic rings. The van der Waals surface area contributed by atoms with Crippen molar-refractivity contribution in [1.82, 2.24) is 10.2 Å². The van der Waals surface area contributed by atoms with Gasteiger partial charge in [-0.2, -0.15) is 0 Å². The molecule has 1 fully saturated rings. The molecule has 1 aromatic carbocycles. The van der Waals surface area contributed by atoms with Crippen LogP contribution in [-0.2, 0) is 4.79 Å². The molecule has 1 heterocycles. The molecule has 8 heteroatoms. The molecule has 0 unspecified atom stereocenters. The summed E-state index contributed by atoms with van der Waals surface area (Å²) in [5.41, 5.74) is -0.0902. The summed E-state index contributed by atoms with van der Waals surface area (Å²) in [6.45, 7) is 2.73. The number of hydrogen-bond donors (Lipinski definition) is 1. The minimum atomic E-state index is -0.516. The van der Waals surface area contributed by atoms with E-state index in [4.69, 9.17) is 9.47 Å². The van der Waals surface area contributed by atoms with Crippen LogP contribution < -0.4 is 14.8 Å². The summed E-state index contributed by atoms with van der Waals surface area (Å²) in [5, 5.41) is 13.9. The van der Waals surface area contributed by atoms with Gasteiger partial charge in [0.2, 0.25) is 0 Å². The number of carbonyl (C=O) groups is 1. The number of ether oxygens (including phenoxy) is 2. The normalized spacial score (nSPS) is 14.6. The molecule has 0 aromatic heterocycles. The van der Waals surface area contributed by atoms with Crippen LogP contribution in [0.4, 0.5) is 5.69 Å². The Labute approximate surface area is 121 Å². The molecule has 1 N–H and O–H groups in total. The van der Waals surface area contributed by atoms with Crippen LogP contribution in [0.15, 0.2) is 18.2 Å². The van der Waals surface area contributed by atoms with Crippen molar-refractivity contribution >= 4 is 11.6 Å². The lowest BCUT2D eigenvalue weighted by atomic mass is 10.3. The van der Waals surface area contributed by atoms with Crippen LogP contribution in [-0.4, -0.2) is 55.6 Å². The van der Waals surface area contributed by atoms with Crippen LogP contribution in [0.25, 0.3) is 0 Å². The number of rotatable bonds is 5. The number of non-ortho nitro benzene ring substituents is 1. The first kappa shape index (κ1) is 15.0. The summed E-state index contributed by atoms with van der Waals surface area (Å²) in [5.74, 6) is 0.431. The molecule has 21 heavy (non-hydrogen) atoms. The highest BCUT2D eigenvalue weighted by Gasteiger charge is 2.18. The predicted molar refractivity (Wildman–Crippen MR) is 74.6 cm³/mol. The predicted octanol–water partition coefficient (Wildman–Crippen LogP) is 0.414. The molecule has 1 saturated heterocycles. The van der Waals surface area contributed by atoms with E-state index in [-0.39, 0.29) is 24.0 Å². The zero-order valence-corrected chi connectivity index (χ0v) is 11.7. The SMILES string of the molecule is COc1cc([N+](=O)[O-])ccc1OCC(=O)N1CCNCC1. The third-order valence-corrected chi connectivity index (χ3v) is 3.18. The van der Waals surface area contributed by atoms with Gasteiger partial charge in [-0.05, 0) is 6.07 Å². The smallest absolute Gasteiger partial charge is 0.273 e. The number of carbonyl (C=O) groups excluding carboxylic acids is 1. The summed E-state index contributed by atoms with van der Waals surface area (Å²) < 4.78 is 10.5. The second-order valence-corrected chi connectivity index (χ2v) is 4.51. The van der Waals surface area contributed by atoms with Crippen LogP contribution in [0.1, 0.15) is 0 Å². The number of nitrogens with zero attached hydrogens (tertiary/aromatic N) is 2. The maximum Gasteiger partial charge on any atom is 0.273 e. The van der Waals surface area contributed by atoms with Crippen LogP contribution in [0.3, 0.4) is 0 Å². The molecule has 0 aliphatic carbocycles. The van der Waals surface area contributed by atoms with Gasteiger partial charge in [0.1, 0.15) is 0 Å². The Morgan fingerprint density at radius 3 is 2.71 bits per heavy atom. The van der Waals surface area contributed by atoms with Crippen LogP contribution in [0, 0.1) is 10.1 Å². The Morgan fingerprint density at radius 2 is 2.10 bits per heavy atom. The number of amides is 1. The molecule has 0 spiro atoms. The summed E-state index contributed by atoms with van der Waals surface area (Å²) in [6.07, 6.45) is 0. The fourth-order valence-corrected chi connectivity index (χ4v) is 2.03. The summed E-state index contributed by atoms with van der Waals surface area (Å²) >= 11 is 0. The molecule has 8 nitrogen and oxygen atoms in total. The van der Waals surface area contributed by atoms with Crippen molar-refractivity contribution in [1.29, 1.82) is 0 Å². The number of piperazine rings is 1. The number of nitro groups is 1. The Hall–Kier alpha value is -2.35. The first-order valence-corrected chi connectivity index (χ1v) is 6.55. The van der Waals surface area contributed by atoms with E-state index in [0.717, 1.165) is 13.1 Å². The zero-order chi connectivity index (χ0) is 15.2. The fraction of sp³-hybridized carbons (Fsp3) is 0.462. The van der Waals surface area contributed by atoms with Gasteiger partial charge in [0, 0.05) is 32.2 Å². The third-order valence-electron chi connectivity index (χ3n) is 3.18. The van der Waals surface area contributed by atoms with E-state index in [9.17, 15) is 14.9 Å². The average Bonchev–Trinajstić information content (AvgIpc) is 2.53. The highest BCUT2D eigenvalue weighted by atomic mass is 16.6.